The molecule has 4 aromatic rings. The number of hydrogen-bond acceptors (Lipinski definition) is 5. The number of likely N-dealkylation sites (N-methyl/N-ethyl adjacent to an activating group) is 1. The molecule has 0 fully saturated rings. The zero-order chi connectivity index (χ0) is 19.0. The van der Waals surface area contributed by atoms with Crippen LogP contribution >= 0.6 is 0 Å². The van der Waals surface area contributed by atoms with Crippen molar-refractivity contribution in [1.29, 1.82) is 0 Å². The van der Waals surface area contributed by atoms with E-state index in [2.05, 4.69) is 15.4 Å². The summed E-state index contributed by atoms with van der Waals surface area (Å²) in [5, 5.41) is 8.29. The maximum absolute atomic E-state index is 12.5. The van der Waals surface area contributed by atoms with Crippen LogP contribution in [0.5, 0.6) is 0 Å². The molecule has 0 spiro atoms. The molecule has 0 atom stereocenters. The van der Waals surface area contributed by atoms with Crippen LogP contribution in [0, 0.1) is 13.8 Å². The van der Waals surface area contributed by atoms with Crippen molar-refractivity contribution in [3.63, 3.8) is 0 Å². The Morgan fingerprint density at radius 3 is 2.81 bits per heavy atom. The van der Waals surface area contributed by atoms with Gasteiger partial charge in [-0.05, 0) is 43.7 Å². The van der Waals surface area contributed by atoms with Crippen LogP contribution in [-0.4, -0.2) is 39.1 Å². The van der Waals surface area contributed by atoms with E-state index in [1.165, 1.54) is 0 Å². The number of anilines is 2. The highest BCUT2D eigenvalue weighted by Gasteiger charge is 2.15. The molecular formula is C20H20N6O. The highest BCUT2D eigenvalue weighted by atomic mass is 16.2. The summed E-state index contributed by atoms with van der Waals surface area (Å²) in [6.45, 7) is 4.06. The second-order valence-corrected chi connectivity index (χ2v) is 6.63. The Hall–Kier alpha value is -3.48. The lowest BCUT2D eigenvalue weighted by molar-refractivity contribution is -0.114. The van der Waals surface area contributed by atoms with E-state index in [-0.39, 0.29) is 12.5 Å². The van der Waals surface area contributed by atoms with Gasteiger partial charge in [0.05, 0.1) is 17.8 Å². The molecule has 0 unspecified atom stereocenters. The molecular weight excluding hydrogens is 340 g/mol. The number of aromatic nitrogens is 4. The van der Waals surface area contributed by atoms with Crippen molar-refractivity contribution >= 4 is 34.1 Å². The highest BCUT2D eigenvalue weighted by Crippen LogP contribution is 2.25. The van der Waals surface area contributed by atoms with E-state index in [9.17, 15) is 4.79 Å². The van der Waals surface area contributed by atoms with Gasteiger partial charge in [0.1, 0.15) is 11.6 Å². The Morgan fingerprint density at radius 1 is 1.19 bits per heavy atom. The molecule has 1 aromatic carbocycles. The molecule has 3 heterocycles. The highest BCUT2D eigenvalue weighted by molar-refractivity contribution is 5.96. The Labute approximate surface area is 156 Å². The molecule has 27 heavy (non-hydrogen) atoms. The van der Waals surface area contributed by atoms with Crippen molar-refractivity contribution < 1.29 is 4.79 Å². The third-order valence-corrected chi connectivity index (χ3v) is 4.33. The monoisotopic (exact) mass is 360 g/mol. The van der Waals surface area contributed by atoms with Crippen LogP contribution in [0.25, 0.3) is 16.6 Å². The summed E-state index contributed by atoms with van der Waals surface area (Å²) in [5.41, 5.74) is 3.66. The first-order chi connectivity index (χ1) is 13.0. The molecule has 1 amide bonds. The molecule has 4 rings (SSSR count). The second-order valence-electron chi connectivity index (χ2n) is 6.63. The van der Waals surface area contributed by atoms with Crippen LogP contribution in [-0.2, 0) is 4.79 Å². The van der Waals surface area contributed by atoms with Crippen LogP contribution in [0.3, 0.4) is 0 Å². The van der Waals surface area contributed by atoms with Crippen molar-refractivity contribution in [3.05, 3.63) is 59.9 Å². The lowest BCUT2D eigenvalue weighted by atomic mass is 10.2. The molecule has 136 valence electrons. The Bertz CT molecular complexity index is 1150. The lowest BCUT2D eigenvalue weighted by Gasteiger charge is -2.20. The number of carbonyl (C=O) groups excluding carboxylic acids is 1. The van der Waals surface area contributed by atoms with Gasteiger partial charge in [0.25, 0.3) is 0 Å². The molecule has 0 aliphatic heterocycles. The first-order valence-electron chi connectivity index (χ1n) is 8.70. The number of para-hydroxylation sites is 1. The molecule has 7 heteroatoms. The van der Waals surface area contributed by atoms with Gasteiger partial charge >= 0.3 is 0 Å². The summed E-state index contributed by atoms with van der Waals surface area (Å²) >= 11 is 0. The van der Waals surface area contributed by atoms with Gasteiger partial charge in [0.2, 0.25) is 5.91 Å². The molecule has 7 nitrogen and oxygen atoms in total. The molecule has 0 aliphatic carbocycles. The van der Waals surface area contributed by atoms with Crippen LogP contribution in [0.15, 0.2) is 48.7 Å². The predicted octanol–water partition coefficient (Wildman–Crippen LogP) is 2.97. The van der Waals surface area contributed by atoms with E-state index < -0.39 is 0 Å². The maximum atomic E-state index is 12.5. The SMILES string of the molecule is Cc1ccnc(NC(=O)CN(C)c2nc3cc(C)nn3c3ccccc23)c1. The van der Waals surface area contributed by atoms with Gasteiger partial charge in [-0.25, -0.2) is 14.5 Å². The zero-order valence-corrected chi connectivity index (χ0v) is 15.5. The first-order valence-corrected chi connectivity index (χ1v) is 8.70. The Morgan fingerprint density at radius 2 is 2.00 bits per heavy atom. The summed E-state index contributed by atoms with van der Waals surface area (Å²) < 4.78 is 1.83. The van der Waals surface area contributed by atoms with E-state index >= 15 is 0 Å². The minimum absolute atomic E-state index is 0.147. The minimum atomic E-state index is -0.147. The molecule has 0 radical (unpaired) electrons. The predicted molar refractivity (Wildman–Crippen MR) is 106 cm³/mol. The third-order valence-electron chi connectivity index (χ3n) is 4.33. The standard InChI is InChI=1S/C20H20N6O/c1-13-8-9-21-17(10-13)22-19(27)12-25(3)20-15-6-4-5-7-16(15)26-18(23-20)11-14(2)24-26/h4-11H,12H2,1-3H3,(H,21,22,27). The molecule has 1 N–H and O–H groups in total. The van der Waals surface area contributed by atoms with Gasteiger partial charge in [0, 0.05) is 24.7 Å². The van der Waals surface area contributed by atoms with Crippen molar-refractivity contribution in [2.24, 2.45) is 0 Å². The third kappa shape index (κ3) is 3.31. The summed E-state index contributed by atoms with van der Waals surface area (Å²) in [4.78, 5) is 23.2. The number of benzene rings is 1. The number of rotatable bonds is 4. The second kappa shape index (κ2) is 6.68. The minimum Gasteiger partial charge on any atom is -0.350 e. The van der Waals surface area contributed by atoms with Crippen molar-refractivity contribution in [3.8, 4) is 0 Å². The van der Waals surface area contributed by atoms with Crippen LogP contribution in [0.1, 0.15) is 11.3 Å². The first kappa shape index (κ1) is 17.0. The molecule has 0 bridgehead atoms. The number of aryl methyl sites for hydroxylation is 2. The average molecular weight is 360 g/mol. The smallest absolute Gasteiger partial charge is 0.245 e. The summed E-state index contributed by atoms with van der Waals surface area (Å²) in [6, 6.07) is 13.6. The number of hydrogen-bond donors (Lipinski definition) is 1. The number of nitrogens with zero attached hydrogens (tertiary/aromatic N) is 5. The fraction of sp³-hybridized carbons (Fsp3) is 0.200. The fourth-order valence-corrected chi connectivity index (χ4v) is 3.13. The number of pyridine rings is 1. The number of nitrogens with one attached hydrogen (secondary N) is 1. The van der Waals surface area contributed by atoms with Crippen molar-refractivity contribution in [1.82, 2.24) is 19.6 Å². The quantitative estimate of drug-likeness (QED) is 0.605. The van der Waals surface area contributed by atoms with Crippen molar-refractivity contribution in [2.75, 3.05) is 23.8 Å². The van der Waals surface area contributed by atoms with Gasteiger partial charge in [-0.3, -0.25) is 4.79 Å². The van der Waals surface area contributed by atoms with Gasteiger partial charge in [-0.1, -0.05) is 12.1 Å². The van der Waals surface area contributed by atoms with Crippen LogP contribution < -0.4 is 10.2 Å². The van der Waals surface area contributed by atoms with Crippen LogP contribution in [0.2, 0.25) is 0 Å². The molecule has 0 saturated carbocycles. The van der Waals surface area contributed by atoms with E-state index in [0.717, 1.165) is 33.6 Å². The van der Waals surface area contributed by atoms with Crippen molar-refractivity contribution in [2.45, 2.75) is 13.8 Å². The largest absolute Gasteiger partial charge is 0.350 e. The summed E-state index contributed by atoms with van der Waals surface area (Å²) in [7, 11) is 1.86. The van der Waals surface area contributed by atoms with Gasteiger partial charge in [-0.2, -0.15) is 5.10 Å². The Kier molecular flexibility index (Phi) is 4.19. The van der Waals surface area contributed by atoms with Crippen LogP contribution in [0.4, 0.5) is 11.6 Å². The normalized spacial score (nSPS) is 11.1. The topological polar surface area (TPSA) is 75.4 Å². The Balaban J connectivity index is 1.65. The zero-order valence-electron chi connectivity index (χ0n) is 15.5. The van der Waals surface area contributed by atoms with E-state index in [1.807, 2.05) is 72.8 Å². The molecule has 0 aliphatic rings. The maximum Gasteiger partial charge on any atom is 0.245 e. The number of amides is 1. The number of carbonyl (C=O) groups is 1. The van der Waals surface area contributed by atoms with Gasteiger partial charge in [0.15, 0.2) is 5.65 Å². The van der Waals surface area contributed by atoms with E-state index in [1.54, 1.807) is 6.20 Å². The number of fused-ring (bicyclic) bond motifs is 3. The van der Waals surface area contributed by atoms with E-state index in [4.69, 9.17) is 4.98 Å². The van der Waals surface area contributed by atoms with E-state index in [0.29, 0.717) is 5.82 Å². The van der Waals surface area contributed by atoms with Gasteiger partial charge in [-0.15, -0.1) is 0 Å². The lowest BCUT2D eigenvalue weighted by Crippen LogP contribution is -2.31. The molecule has 0 saturated heterocycles. The fourth-order valence-electron chi connectivity index (χ4n) is 3.13. The average Bonchev–Trinajstić information content (AvgIpc) is 3.01. The molecule has 3 aromatic heterocycles. The summed E-state index contributed by atoms with van der Waals surface area (Å²) in [5.74, 6) is 1.14. The van der Waals surface area contributed by atoms with Gasteiger partial charge < -0.3 is 10.2 Å². The summed E-state index contributed by atoms with van der Waals surface area (Å²) in [6.07, 6.45) is 1.68.